The quantitative estimate of drug-likeness (QED) is 0.379. The summed E-state index contributed by atoms with van der Waals surface area (Å²) in [5, 5.41) is 7.42. The first-order valence-electron chi connectivity index (χ1n) is 12.7. The predicted molar refractivity (Wildman–Crippen MR) is 145 cm³/mol. The first-order valence-corrected chi connectivity index (χ1v) is 12.7. The largest absolute Gasteiger partial charge is 0.459 e. The molecule has 0 spiro atoms. The molecule has 3 aromatic rings. The van der Waals surface area contributed by atoms with Gasteiger partial charge in [0, 0.05) is 18.7 Å². The lowest BCUT2D eigenvalue weighted by Crippen LogP contribution is -2.57. The topological polar surface area (TPSA) is 116 Å². The molecule has 3 N–H and O–H groups in total. The number of aromatic nitrogens is 1. The highest BCUT2D eigenvalue weighted by atomic mass is 16.6. The van der Waals surface area contributed by atoms with Gasteiger partial charge in [-0.2, -0.15) is 0 Å². The summed E-state index contributed by atoms with van der Waals surface area (Å²) in [6, 6.07) is 23.8. The average molecular weight is 515 g/mol. The Hall–Kier alpha value is -4.04. The van der Waals surface area contributed by atoms with Crippen molar-refractivity contribution in [2.45, 2.75) is 45.4 Å². The number of esters is 1. The Balaban J connectivity index is 1.47. The highest BCUT2D eigenvalue weighted by Gasteiger charge is 2.42. The van der Waals surface area contributed by atoms with Crippen LogP contribution < -0.4 is 11.1 Å². The zero-order valence-corrected chi connectivity index (χ0v) is 21.7. The fourth-order valence-electron chi connectivity index (χ4n) is 4.38. The minimum atomic E-state index is -1.26. The molecule has 0 saturated heterocycles. The number of hydrogen-bond acceptors (Lipinski definition) is 7. The van der Waals surface area contributed by atoms with Gasteiger partial charge in [-0.15, -0.1) is 0 Å². The van der Waals surface area contributed by atoms with E-state index in [4.69, 9.17) is 15.3 Å². The summed E-state index contributed by atoms with van der Waals surface area (Å²) in [6.45, 7) is 3.59. The summed E-state index contributed by atoms with van der Waals surface area (Å²) in [5.74, 6) is -1.15. The second-order valence-electron chi connectivity index (χ2n) is 10.0. The lowest BCUT2D eigenvalue weighted by atomic mass is 9.83. The Bertz CT molecular complexity index is 1230. The molecule has 1 aromatic heterocycles. The molecular weight excluding hydrogens is 480 g/mol. The SMILES string of the molecule is CC(C)(C(=O)OCc1ccccn1)[C@H](N)C(=O)NC(Cc1ccccc1)C1CON=C1Cc1ccccc1. The summed E-state index contributed by atoms with van der Waals surface area (Å²) < 4.78 is 5.45. The molecule has 0 radical (unpaired) electrons. The number of pyridine rings is 1. The predicted octanol–water partition coefficient (Wildman–Crippen LogP) is 3.45. The monoisotopic (exact) mass is 514 g/mol. The number of carbonyl (C=O) groups is 2. The molecule has 2 aromatic carbocycles. The molecule has 8 nitrogen and oxygen atoms in total. The highest BCUT2D eigenvalue weighted by Crippen LogP contribution is 2.25. The molecule has 0 bridgehead atoms. The van der Waals surface area contributed by atoms with Crippen LogP contribution in [0, 0.1) is 11.3 Å². The van der Waals surface area contributed by atoms with Crippen LogP contribution in [0.3, 0.4) is 0 Å². The third-order valence-corrected chi connectivity index (χ3v) is 6.87. The zero-order valence-electron chi connectivity index (χ0n) is 21.7. The molecule has 2 unspecified atom stereocenters. The van der Waals surface area contributed by atoms with E-state index >= 15 is 0 Å². The fraction of sp³-hybridized carbons (Fsp3) is 0.333. The molecule has 3 atom stereocenters. The Morgan fingerprint density at radius 3 is 2.34 bits per heavy atom. The second kappa shape index (κ2) is 12.5. The lowest BCUT2D eigenvalue weighted by Gasteiger charge is -2.31. The Morgan fingerprint density at radius 1 is 1.03 bits per heavy atom. The van der Waals surface area contributed by atoms with Gasteiger partial charge in [0.1, 0.15) is 13.2 Å². The fourth-order valence-corrected chi connectivity index (χ4v) is 4.38. The summed E-state index contributed by atoms with van der Waals surface area (Å²) in [5.41, 5.74) is 8.76. The van der Waals surface area contributed by atoms with E-state index in [1.165, 1.54) is 0 Å². The average Bonchev–Trinajstić information content (AvgIpc) is 3.40. The molecule has 1 amide bonds. The number of amides is 1. The third kappa shape index (κ3) is 6.83. The maximum atomic E-state index is 13.5. The minimum absolute atomic E-state index is 0.00674. The van der Waals surface area contributed by atoms with Crippen molar-refractivity contribution < 1.29 is 19.2 Å². The Labute approximate surface area is 223 Å². The van der Waals surface area contributed by atoms with Crippen molar-refractivity contribution in [1.29, 1.82) is 0 Å². The van der Waals surface area contributed by atoms with Crippen LogP contribution in [0.4, 0.5) is 0 Å². The van der Waals surface area contributed by atoms with Gasteiger partial charge in [-0.1, -0.05) is 71.9 Å². The van der Waals surface area contributed by atoms with Gasteiger partial charge in [-0.25, -0.2) is 0 Å². The van der Waals surface area contributed by atoms with Crippen LogP contribution in [0.1, 0.15) is 30.7 Å². The van der Waals surface area contributed by atoms with Crippen molar-refractivity contribution in [2.75, 3.05) is 6.61 Å². The highest BCUT2D eigenvalue weighted by molar-refractivity contribution is 5.92. The van der Waals surface area contributed by atoms with Crippen LogP contribution in [0.25, 0.3) is 0 Å². The number of hydrogen-bond donors (Lipinski definition) is 2. The molecule has 2 heterocycles. The molecule has 8 heteroatoms. The Morgan fingerprint density at radius 2 is 1.68 bits per heavy atom. The van der Waals surface area contributed by atoms with Gasteiger partial charge in [0.15, 0.2) is 0 Å². The lowest BCUT2D eigenvalue weighted by molar-refractivity contribution is -0.158. The summed E-state index contributed by atoms with van der Waals surface area (Å²) in [7, 11) is 0. The number of nitrogens with one attached hydrogen (secondary N) is 1. The second-order valence-corrected chi connectivity index (χ2v) is 10.0. The number of ether oxygens (including phenoxy) is 1. The summed E-state index contributed by atoms with van der Waals surface area (Å²) in [6.07, 6.45) is 2.80. The van der Waals surface area contributed by atoms with Crippen LogP contribution in [0.15, 0.2) is 90.2 Å². The van der Waals surface area contributed by atoms with Crippen molar-refractivity contribution in [1.82, 2.24) is 10.3 Å². The number of rotatable bonds is 11. The van der Waals surface area contributed by atoms with Gasteiger partial charge < -0.3 is 20.6 Å². The van der Waals surface area contributed by atoms with E-state index in [0.717, 1.165) is 16.8 Å². The number of nitrogens with zero attached hydrogens (tertiary/aromatic N) is 2. The van der Waals surface area contributed by atoms with Gasteiger partial charge in [0.2, 0.25) is 5.91 Å². The van der Waals surface area contributed by atoms with Crippen molar-refractivity contribution in [3.8, 4) is 0 Å². The van der Waals surface area contributed by atoms with E-state index < -0.39 is 23.3 Å². The molecule has 4 rings (SSSR count). The molecule has 0 fully saturated rings. The van der Waals surface area contributed by atoms with Crippen LogP contribution in [-0.2, 0) is 38.6 Å². The Kier molecular flexibility index (Phi) is 8.86. The van der Waals surface area contributed by atoms with Crippen LogP contribution >= 0.6 is 0 Å². The number of benzene rings is 2. The zero-order chi connectivity index (χ0) is 27.0. The number of nitrogens with two attached hydrogens (primary N) is 1. The van der Waals surface area contributed by atoms with E-state index in [1.807, 2.05) is 66.7 Å². The van der Waals surface area contributed by atoms with Gasteiger partial charge in [-0.3, -0.25) is 14.6 Å². The third-order valence-electron chi connectivity index (χ3n) is 6.87. The van der Waals surface area contributed by atoms with Crippen molar-refractivity contribution in [3.63, 3.8) is 0 Å². The van der Waals surface area contributed by atoms with Crippen LogP contribution in [0.2, 0.25) is 0 Å². The molecule has 1 aliphatic rings. The van der Waals surface area contributed by atoms with E-state index in [2.05, 4.69) is 15.5 Å². The van der Waals surface area contributed by atoms with Crippen molar-refractivity contribution in [2.24, 2.45) is 22.2 Å². The maximum Gasteiger partial charge on any atom is 0.314 e. The number of carbonyl (C=O) groups excluding carboxylic acids is 2. The maximum absolute atomic E-state index is 13.5. The van der Waals surface area contributed by atoms with Gasteiger partial charge >= 0.3 is 5.97 Å². The molecule has 0 aliphatic carbocycles. The van der Waals surface area contributed by atoms with Crippen molar-refractivity contribution in [3.05, 3.63) is 102 Å². The normalized spacial score (nSPS) is 16.6. The van der Waals surface area contributed by atoms with Gasteiger partial charge in [0.05, 0.1) is 28.8 Å². The smallest absolute Gasteiger partial charge is 0.314 e. The van der Waals surface area contributed by atoms with Gasteiger partial charge in [-0.05, 0) is 43.5 Å². The molecular formula is C30H34N4O4. The standard InChI is InChI=1S/C30H34N4O4/c1-30(2,29(36)37-19-23-15-9-10-16-32-23)27(31)28(35)33-25(17-21-11-5-3-6-12-21)24-20-38-34-26(24)18-22-13-7-4-8-14-22/h3-16,24-25,27H,17-20,31H2,1-2H3,(H,33,35)/t24?,25?,27-/m1/s1. The molecule has 0 saturated carbocycles. The van der Waals surface area contributed by atoms with Crippen LogP contribution in [0.5, 0.6) is 0 Å². The van der Waals surface area contributed by atoms with Crippen molar-refractivity contribution >= 4 is 17.6 Å². The van der Waals surface area contributed by atoms with E-state index in [-0.39, 0.29) is 18.6 Å². The van der Waals surface area contributed by atoms with Crippen LogP contribution in [-0.4, -0.2) is 41.3 Å². The first kappa shape index (κ1) is 27.0. The first-order chi connectivity index (χ1) is 18.3. The minimum Gasteiger partial charge on any atom is -0.459 e. The van der Waals surface area contributed by atoms with E-state index in [1.54, 1.807) is 32.2 Å². The molecule has 38 heavy (non-hydrogen) atoms. The van der Waals surface area contributed by atoms with E-state index in [9.17, 15) is 9.59 Å². The van der Waals surface area contributed by atoms with E-state index in [0.29, 0.717) is 25.1 Å². The van der Waals surface area contributed by atoms with Gasteiger partial charge in [0.25, 0.3) is 0 Å². The number of oxime groups is 1. The summed E-state index contributed by atoms with van der Waals surface area (Å²) in [4.78, 5) is 36.0. The summed E-state index contributed by atoms with van der Waals surface area (Å²) >= 11 is 0. The molecule has 1 aliphatic heterocycles. The molecule has 198 valence electrons.